The van der Waals surface area contributed by atoms with Gasteiger partial charge in [0.2, 0.25) is 0 Å². The van der Waals surface area contributed by atoms with Crippen molar-refractivity contribution in [2.45, 2.75) is 27.3 Å². The Labute approximate surface area is 179 Å². The summed E-state index contributed by atoms with van der Waals surface area (Å²) in [4.78, 5) is 19.4. The number of aromatic nitrogens is 3. The van der Waals surface area contributed by atoms with Gasteiger partial charge in [-0.05, 0) is 49.6 Å². The number of thiophene rings is 1. The number of ether oxygens (including phenoxy) is 1. The number of nitrogens with one attached hydrogen (secondary N) is 1. The highest BCUT2D eigenvalue weighted by atomic mass is 32.1. The van der Waals surface area contributed by atoms with Crippen molar-refractivity contribution in [2.24, 2.45) is 7.05 Å². The second-order valence-electron chi connectivity index (χ2n) is 7.46. The Kier molecular flexibility index (Phi) is 5.30. The molecule has 7 heteroatoms. The fourth-order valence-corrected chi connectivity index (χ4v) is 4.98. The summed E-state index contributed by atoms with van der Waals surface area (Å²) in [5.41, 5.74) is 5.94. The third-order valence-corrected chi connectivity index (χ3v) is 6.18. The maximum absolute atomic E-state index is 13.2. The number of carbonyl (C=O) groups excluding carboxylic acids is 1. The molecule has 0 spiro atoms. The lowest BCUT2D eigenvalue weighted by molar-refractivity contribution is 0.0955. The Morgan fingerprint density at radius 1 is 1.20 bits per heavy atom. The molecule has 0 radical (unpaired) electrons. The van der Waals surface area contributed by atoms with Gasteiger partial charge in [0.25, 0.3) is 5.91 Å². The summed E-state index contributed by atoms with van der Waals surface area (Å²) in [7, 11) is 3.53. The van der Waals surface area contributed by atoms with Gasteiger partial charge < -0.3 is 10.1 Å². The van der Waals surface area contributed by atoms with E-state index in [1.54, 1.807) is 18.0 Å². The molecule has 0 aliphatic rings. The monoisotopic (exact) mass is 420 g/mol. The molecule has 0 fully saturated rings. The van der Waals surface area contributed by atoms with E-state index in [0.717, 1.165) is 49.5 Å². The molecule has 0 saturated carbocycles. The zero-order chi connectivity index (χ0) is 21.4. The first-order chi connectivity index (χ1) is 14.4. The van der Waals surface area contributed by atoms with E-state index in [-0.39, 0.29) is 5.91 Å². The van der Waals surface area contributed by atoms with Crippen LogP contribution in [0.5, 0.6) is 5.75 Å². The second kappa shape index (κ2) is 7.91. The van der Waals surface area contributed by atoms with Crippen LogP contribution in [0.1, 0.15) is 32.1 Å². The van der Waals surface area contributed by atoms with Crippen molar-refractivity contribution >= 4 is 27.5 Å². The molecule has 0 aliphatic heterocycles. The quantitative estimate of drug-likeness (QED) is 0.514. The Bertz CT molecular complexity index is 1260. The van der Waals surface area contributed by atoms with Crippen LogP contribution >= 0.6 is 11.3 Å². The van der Waals surface area contributed by atoms with Crippen molar-refractivity contribution in [1.29, 1.82) is 0 Å². The number of hydrogen-bond donors (Lipinski definition) is 1. The van der Waals surface area contributed by atoms with Crippen LogP contribution in [0.4, 0.5) is 0 Å². The highest BCUT2D eigenvalue weighted by Gasteiger charge is 2.23. The van der Waals surface area contributed by atoms with Crippen molar-refractivity contribution in [2.75, 3.05) is 7.11 Å². The lowest BCUT2D eigenvalue weighted by atomic mass is 10.0. The van der Waals surface area contributed by atoms with Crippen LogP contribution in [-0.2, 0) is 13.6 Å². The molecule has 4 rings (SSSR count). The number of benzene rings is 1. The number of amides is 1. The molecule has 0 unspecified atom stereocenters. The van der Waals surface area contributed by atoms with Gasteiger partial charge in [0, 0.05) is 42.0 Å². The van der Waals surface area contributed by atoms with Crippen molar-refractivity contribution < 1.29 is 9.53 Å². The predicted octanol–water partition coefficient (Wildman–Crippen LogP) is 4.56. The average molecular weight is 421 g/mol. The molecule has 6 nitrogen and oxygen atoms in total. The fourth-order valence-electron chi connectivity index (χ4n) is 3.74. The van der Waals surface area contributed by atoms with Gasteiger partial charge in [-0.1, -0.05) is 12.1 Å². The van der Waals surface area contributed by atoms with Crippen molar-refractivity contribution in [3.63, 3.8) is 0 Å². The molecule has 4 aromatic rings. The largest absolute Gasteiger partial charge is 0.496 e. The molecule has 0 saturated heterocycles. The summed E-state index contributed by atoms with van der Waals surface area (Å²) in [5.74, 6) is 0.729. The minimum absolute atomic E-state index is 0.109. The van der Waals surface area contributed by atoms with E-state index in [0.29, 0.717) is 11.4 Å². The summed E-state index contributed by atoms with van der Waals surface area (Å²) < 4.78 is 7.06. The molecular formula is C23H24N4O2S. The van der Waals surface area contributed by atoms with Gasteiger partial charge in [-0.15, -0.1) is 11.3 Å². The third kappa shape index (κ3) is 3.68. The molecule has 1 aromatic carbocycles. The number of pyridine rings is 1. The topological polar surface area (TPSA) is 69.0 Å². The summed E-state index contributed by atoms with van der Waals surface area (Å²) in [6, 6.07) is 7.97. The maximum Gasteiger partial charge on any atom is 0.262 e. The van der Waals surface area contributed by atoms with E-state index in [2.05, 4.69) is 28.4 Å². The minimum Gasteiger partial charge on any atom is -0.496 e. The zero-order valence-electron chi connectivity index (χ0n) is 17.7. The number of aryl methyl sites for hydroxylation is 4. The average Bonchev–Trinajstić information content (AvgIpc) is 3.29. The maximum atomic E-state index is 13.2. The van der Waals surface area contributed by atoms with E-state index in [1.165, 1.54) is 11.3 Å². The lowest BCUT2D eigenvalue weighted by Crippen LogP contribution is -2.22. The highest BCUT2D eigenvalue weighted by molar-refractivity contribution is 7.21. The number of methoxy groups -OCH3 is 1. The van der Waals surface area contributed by atoms with Gasteiger partial charge in [-0.2, -0.15) is 5.10 Å². The van der Waals surface area contributed by atoms with E-state index in [9.17, 15) is 4.79 Å². The van der Waals surface area contributed by atoms with Crippen LogP contribution in [0.3, 0.4) is 0 Å². The molecule has 30 heavy (non-hydrogen) atoms. The van der Waals surface area contributed by atoms with Crippen LogP contribution < -0.4 is 10.1 Å². The van der Waals surface area contributed by atoms with E-state index < -0.39 is 0 Å². The molecule has 0 aliphatic carbocycles. The standard InChI is InChI=1S/C23H24N4O2S/c1-13-9-16(6-7-18(13)29-5)10-24-22(28)21-20(17-11-25-27(4)12-17)19-14(2)8-15(3)26-23(19)30-21/h6-9,11-12H,10H2,1-5H3,(H,24,28). The van der Waals surface area contributed by atoms with Gasteiger partial charge >= 0.3 is 0 Å². The molecule has 3 aromatic heterocycles. The Balaban J connectivity index is 1.71. The number of rotatable bonds is 5. The van der Waals surface area contributed by atoms with Gasteiger partial charge in [0.15, 0.2) is 0 Å². The van der Waals surface area contributed by atoms with Crippen molar-refractivity contribution in [3.8, 4) is 16.9 Å². The van der Waals surface area contributed by atoms with Crippen LogP contribution in [0, 0.1) is 20.8 Å². The number of nitrogens with zero attached hydrogens (tertiary/aromatic N) is 3. The fraction of sp³-hybridized carbons (Fsp3) is 0.261. The number of carbonyl (C=O) groups is 1. The van der Waals surface area contributed by atoms with E-state index in [4.69, 9.17) is 4.74 Å². The van der Waals surface area contributed by atoms with E-state index in [1.807, 2.05) is 45.3 Å². The second-order valence-corrected chi connectivity index (χ2v) is 8.46. The summed E-state index contributed by atoms with van der Waals surface area (Å²) in [5, 5.41) is 8.39. The van der Waals surface area contributed by atoms with Gasteiger partial charge in [0.05, 0.1) is 13.3 Å². The molecule has 3 heterocycles. The molecule has 0 bridgehead atoms. The first kappa shape index (κ1) is 20.1. The van der Waals surface area contributed by atoms with Crippen molar-refractivity contribution in [3.05, 3.63) is 63.9 Å². The SMILES string of the molecule is COc1ccc(CNC(=O)c2sc3nc(C)cc(C)c3c2-c2cnn(C)c2)cc1C. The first-order valence-electron chi connectivity index (χ1n) is 9.69. The normalized spacial score (nSPS) is 11.1. The van der Waals surface area contributed by atoms with Crippen LogP contribution in [0.25, 0.3) is 21.3 Å². The molecule has 154 valence electrons. The molecule has 1 N–H and O–H groups in total. The first-order valence-corrected chi connectivity index (χ1v) is 10.5. The van der Waals surface area contributed by atoms with Gasteiger partial charge in [0.1, 0.15) is 15.5 Å². The smallest absolute Gasteiger partial charge is 0.262 e. The number of fused-ring (bicyclic) bond motifs is 1. The van der Waals surface area contributed by atoms with E-state index >= 15 is 0 Å². The molecular weight excluding hydrogens is 396 g/mol. The minimum atomic E-state index is -0.109. The van der Waals surface area contributed by atoms with Gasteiger partial charge in [-0.3, -0.25) is 9.48 Å². The summed E-state index contributed by atoms with van der Waals surface area (Å²) in [6.07, 6.45) is 3.73. The Morgan fingerprint density at radius 2 is 2.00 bits per heavy atom. The number of hydrogen-bond acceptors (Lipinski definition) is 5. The molecule has 0 atom stereocenters. The third-order valence-electron chi connectivity index (χ3n) is 5.10. The highest BCUT2D eigenvalue weighted by Crippen LogP contribution is 2.39. The van der Waals surface area contributed by atoms with Crippen LogP contribution in [0.2, 0.25) is 0 Å². The van der Waals surface area contributed by atoms with Crippen LogP contribution in [0.15, 0.2) is 36.7 Å². The Hall–Kier alpha value is -3.19. The summed E-state index contributed by atoms with van der Waals surface area (Å²) in [6.45, 7) is 6.47. The Morgan fingerprint density at radius 3 is 2.67 bits per heavy atom. The predicted molar refractivity (Wildman–Crippen MR) is 120 cm³/mol. The van der Waals surface area contributed by atoms with Gasteiger partial charge in [-0.25, -0.2) is 4.98 Å². The molecule has 1 amide bonds. The lowest BCUT2D eigenvalue weighted by Gasteiger charge is -2.09. The van der Waals surface area contributed by atoms with Crippen molar-refractivity contribution in [1.82, 2.24) is 20.1 Å². The summed E-state index contributed by atoms with van der Waals surface area (Å²) >= 11 is 1.43. The van der Waals surface area contributed by atoms with Crippen LogP contribution in [-0.4, -0.2) is 27.8 Å². The zero-order valence-corrected chi connectivity index (χ0v) is 18.6.